The Morgan fingerprint density at radius 3 is 2.24 bits per heavy atom. The molecule has 0 bridgehead atoms. The van der Waals surface area contributed by atoms with Crippen LogP contribution >= 0.6 is 0 Å². The quantitative estimate of drug-likeness (QED) is 0.161. The minimum absolute atomic E-state index is 0.0636. The minimum Gasteiger partial charge on any atom is -0.374 e. The Hall–Kier alpha value is -5.70. The van der Waals surface area contributed by atoms with Crippen LogP contribution < -0.4 is 31.7 Å². The SMILES string of the molecule is NC(=O)C1CCC(N(c2ncc(F)c(-c3cccc(-c4ccc[nH]c4=O)c3)n2)C2CCC(N3CCN(c4ccc(NC5CCC(=O)NC5=O)cc4F)CC3)CC2)CC1. The maximum Gasteiger partial charge on any atom is 0.255 e. The number of piperazine rings is 1. The van der Waals surface area contributed by atoms with Gasteiger partial charge in [-0.1, -0.05) is 18.2 Å². The van der Waals surface area contributed by atoms with Gasteiger partial charge in [0.25, 0.3) is 5.56 Å². The summed E-state index contributed by atoms with van der Waals surface area (Å²) in [4.78, 5) is 67.3. The van der Waals surface area contributed by atoms with Crippen molar-refractivity contribution >= 4 is 35.0 Å². The van der Waals surface area contributed by atoms with Gasteiger partial charge in [-0.05, 0) is 99.7 Å². The number of benzene rings is 2. The van der Waals surface area contributed by atoms with Gasteiger partial charge in [-0.15, -0.1) is 0 Å². The number of nitrogens with zero attached hydrogens (tertiary/aromatic N) is 5. The zero-order valence-corrected chi connectivity index (χ0v) is 32.3. The Morgan fingerprint density at radius 1 is 0.828 bits per heavy atom. The standard InChI is InChI=1S/C43H49F2N9O4/c44-34-24-29(49-36-15-17-38(55)50-42(36)58)8-16-37(34)53-21-19-52(20-22-53)30-11-13-32(14-12-30)54(31-9-6-26(7-10-31)40(46)56)43-48-25-35(45)39(51-43)28-4-1-3-27(23-28)33-5-2-18-47-41(33)57/h1-5,8,16,18,23-26,30-32,36,49H,6-7,9-15,17,19-22H2,(H2,46,56)(H,47,57)(H,50,55,58). The van der Waals surface area contributed by atoms with Gasteiger partial charge in [0, 0.05) is 79.7 Å². The van der Waals surface area contributed by atoms with Gasteiger partial charge in [-0.3, -0.25) is 29.4 Å². The zero-order chi connectivity index (χ0) is 40.3. The number of hydrogen-bond donors (Lipinski definition) is 4. The molecule has 2 saturated heterocycles. The van der Waals surface area contributed by atoms with Crippen LogP contribution in [0.1, 0.15) is 64.2 Å². The molecule has 2 aliphatic carbocycles. The molecule has 2 aromatic carbocycles. The summed E-state index contributed by atoms with van der Waals surface area (Å²) in [6.07, 6.45) is 9.96. The second-order valence-corrected chi connectivity index (χ2v) is 16.0. The molecule has 4 fully saturated rings. The third-order valence-electron chi connectivity index (χ3n) is 12.5. The van der Waals surface area contributed by atoms with Crippen molar-refractivity contribution in [1.29, 1.82) is 0 Å². The highest BCUT2D eigenvalue weighted by Crippen LogP contribution is 2.37. The largest absolute Gasteiger partial charge is 0.374 e. The number of nitrogens with two attached hydrogens (primary N) is 1. The second-order valence-electron chi connectivity index (χ2n) is 16.0. The van der Waals surface area contributed by atoms with Crippen LogP contribution in [0.4, 0.5) is 26.1 Å². The van der Waals surface area contributed by atoms with E-state index >= 15 is 8.78 Å². The number of pyridine rings is 1. The fraction of sp³-hybridized carbons (Fsp3) is 0.442. The summed E-state index contributed by atoms with van der Waals surface area (Å²) in [5, 5.41) is 5.38. The molecule has 4 heterocycles. The van der Waals surface area contributed by atoms with E-state index in [1.807, 2.05) is 6.07 Å². The van der Waals surface area contributed by atoms with Gasteiger partial charge < -0.3 is 25.8 Å². The lowest BCUT2D eigenvalue weighted by atomic mass is 9.82. The molecule has 2 aromatic heterocycles. The van der Waals surface area contributed by atoms with Crippen molar-refractivity contribution < 1.29 is 23.2 Å². The molecule has 304 valence electrons. The van der Waals surface area contributed by atoms with Crippen LogP contribution in [0.15, 0.2) is 71.8 Å². The number of anilines is 3. The van der Waals surface area contributed by atoms with Crippen molar-refractivity contribution in [3.05, 3.63) is 89.0 Å². The highest BCUT2D eigenvalue weighted by atomic mass is 19.1. The first-order valence-electron chi connectivity index (χ1n) is 20.4. The first-order valence-corrected chi connectivity index (χ1v) is 20.4. The Bertz CT molecular complexity index is 2210. The molecule has 4 aromatic rings. The summed E-state index contributed by atoms with van der Waals surface area (Å²) in [6, 6.07) is 15.5. The van der Waals surface area contributed by atoms with Crippen LogP contribution in [0.3, 0.4) is 0 Å². The molecule has 13 nitrogen and oxygen atoms in total. The monoisotopic (exact) mass is 793 g/mol. The third-order valence-corrected chi connectivity index (χ3v) is 12.5. The maximum absolute atomic E-state index is 15.6. The molecule has 1 atom stereocenters. The van der Waals surface area contributed by atoms with Crippen molar-refractivity contribution in [3.63, 3.8) is 0 Å². The van der Waals surface area contributed by atoms with Gasteiger partial charge in [-0.25, -0.2) is 18.7 Å². The molecule has 0 spiro atoms. The second kappa shape index (κ2) is 17.0. The van der Waals surface area contributed by atoms with Gasteiger partial charge in [0.1, 0.15) is 17.6 Å². The molecule has 5 N–H and O–H groups in total. The Morgan fingerprint density at radius 2 is 1.55 bits per heavy atom. The van der Waals surface area contributed by atoms with Gasteiger partial charge in [0.2, 0.25) is 23.7 Å². The van der Waals surface area contributed by atoms with Gasteiger partial charge in [0.05, 0.1) is 11.9 Å². The lowest BCUT2D eigenvalue weighted by Gasteiger charge is -2.46. The molecule has 2 saturated carbocycles. The molecular weight excluding hydrogens is 745 g/mol. The number of H-pyrrole nitrogens is 1. The predicted molar refractivity (Wildman–Crippen MR) is 217 cm³/mol. The summed E-state index contributed by atoms with van der Waals surface area (Å²) in [7, 11) is 0. The number of halogens is 2. The van der Waals surface area contributed by atoms with E-state index in [1.54, 1.807) is 48.7 Å². The summed E-state index contributed by atoms with van der Waals surface area (Å²) < 4.78 is 31.0. The molecular formula is C43H49F2N9O4. The van der Waals surface area contributed by atoms with E-state index in [9.17, 15) is 19.2 Å². The van der Waals surface area contributed by atoms with Crippen molar-refractivity contribution in [3.8, 4) is 22.4 Å². The van der Waals surface area contributed by atoms with E-state index < -0.39 is 17.8 Å². The molecule has 0 radical (unpaired) electrons. The van der Waals surface area contributed by atoms with Gasteiger partial charge in [-0.2, -0.15) is 0 Å². The number of hydrogen-bond acceptors (Lipinski definition) is 10. The molecule has 58 heavy (non-hydrogen) atoms. The van der Waals surface area contributed by atoms with E-state index in [-0.39, 0.29) is 53.3 Å². The topological polar surface area (TPSA) is 170 Å². The minimum atomic E-state index is -0.580. The van der Waals surface area contributed by atoms with E-state index in [1.165, 1.54) is 12.3 Å². The van der Waals surface area contributed by atoms with Gasteiger partial charge >= 0.3 is 0 Å². The zero-order valence-electron chi connectivity index (χ0n) is 32.3. The average molecular weight is 794 g/mol. The van der Waals surface area contributed by atoms with Crippen molar-refractivity contribution in [2.24, 2.45) is 11.7 Å². The van der Waals surface area contributed by atoms with Crippen LogP contribution in [0.25, 0.3) is 22.4 Å². The number of carbonyl (C=O) groups excluding carboxylic acids is 3. The predicted octanol–water partition coefficient (Wildman–Crippen LogP) is 4.98. The van der Waals surface area contributed by atoms with Crippen LogP contribution in [0.2, 0.25) is 0 Å². The fourth-order valence-electron chi connectivity index (χ4n) is 9.35. The van der Waals surface area contributed by atoms with Crippen molar-refractivity contribution in [2.45, 2.75) is 88.4 Å². The normalized spacial score (nSPS) is 24.2. The van der Waals surface area contributed by atoms with E-state index in [0.29, 0.717) is 72.4 Å². The molecule has 1 unspecified atom stereocenters. The Labute approximate surface area is 335 Å². The Kier molecular flexibility index (Phi) is 11.5. The summed E-state index contributed by atoms with van der Waals surface area (Å²) in [5.74, 6) is -1.59. The number of aromatic nitrogens is 3. The molecule has 15 heteroatoms. The lowest BCUT2D eigenvalue weighted by molar-refractivity contribution is -0.133. The lowest BCUT2D eigenvalue weighted by Crippen LogP contribution is -2.54. The first-order chi connectivity index (χ1) is 28.1. The number of imide groups is 1. The average Bonchev–Trinajstić information content (AvgIpc) is 3.23. The van der Waals surface area contributed by atoms with Crippen molar-refractivity contribution in [2.75, 3.05) is 41.3 Å². The molecule has 3 amide bonds. The molecule has 2 aliphatic heterocycles. The smallest absolute Gasteiger partial charge is 0.255 e. The summed E-state index contributed by atoms with van der Waals surface area (Å²) in [6.45, 7) is 2.95. The molecule has 8 rings (SSSR count). The number of carbonyl (C=O) groups is 3. The van der Waals surface area contributed by atoms with Crippen LogP contribution in [0, 0.1) is 17.6 Å². The van der Waals surface area contributed by atoms with Crippen molar-refractivity contribution in [1.82, 2.24) is 25.2 Å². The number of primary amides is 1. The Balaban J connectivity index is 0.939. The third kappa shape index (κ3) is 8.45. The van der Waals surface area contributed by atoms with E-state index in [2.05, 4.69) is 35.3 Å². The fourth-order valence-corrected chi connectivity index (χ4v) is 9.35. The highest BCUT2D eigenvalue weighted by molar-refractivity contribution is 6.01. The number of amides is 3. The number of rotatable bonds is 10. The first kappa shape index (κ1) is 39.1. The molecule has 4 aliphatic rings. The van der Waals surface area contributed by atoms with Crippen LogP contribution in [-0.4, -0.2) is 87.9 Å². The van der Waals surface area contributed by atoms with Crippen LogP contribution in [0.5, 0.6) is 0 Å². The van der Waals surface area contributed by atoms with Crippen LogP contribution in [-0.2, 0) is 14.4 Å². The van der Waals surface area contributed by atoms with Gasteiger partial charge in [0.15, 0.2) is 5.82 Å². The number of aromatic amines is 1. The number of nitrogens with one attached hydrogen (secondary N) is 3. The highest BCUT2D eigenvalue weighted by Gasteiger charge is 2.37. The number of piperidine rings is 1. The van der Waals surface area contributed by atoms with E-state index in [4.69, 9.17) is 10.7 Å². The summed E-state index contributed by atoms with van der Waals surface area (Å²) in [5.41, 5.74) is 8.33. The summed E-state index contributed by atoms with van der Waals surface area (Å²) >= 11 is 0. The van der Waals surface area contributed by atoms with E-state index in [0.717, 1.165) is 51.6 Å². The maximum atomic E-state index is 15.6.